The number of carbonyl (C=O) groups excluding carboxylic acids is 1. The average Bonchev–Trinajstić information content (AvgIpc) is 2.40. The van der Waals surface area contributed by atoms with Crippen molar-refractivity contribution in [2.75, 3.05) is 33.5 Å². The Morgan fingerprint density at radius 3 is 2.09 bits per heavy atom. The molecule has 0 fully saturated rings. The third-order valence-corrected chi connectivity index (χ3v) is 2.92. The lowest BCUT2D eigenvalue weighted by atomic mass is 10.2. The van der Waals surface area contributed by atoms with Gasteiger partial charge in [-0.15, -0.1) is 24.0 Å². The minimum absolute atomic E-state index is 0. The Morgan fingerprint density at radius 1 is 1.09 bits per heavy atom. The van der Waals surface area contributed by atoms with E-state index in [4.69, 9.17) is 0 Å². The lowest BCUT2D eigenvalue weighted by Crippen LogP contribution is -2.35. The molecule has 0 radical (unpaired) electrons. The van der Waals surface area contributed by atoms with Crippen LogP contribution < -0.4 is 5.32 Å². The largest absolute Gasteiger partial charge is 0.349 e. The molecule has 22 heavy (non-hydrogen) atoms. The van der Waals surface area contributed by atoms with E-state index in [0.717, 1.165) is 23.6 Å². The Bertz CT molecular complexity index is 473. The topological polar surface area (TPSA) is 47.9 Å². The Morgan fingerprint density at radius 2 is 1.64 bits per heavy atom. The molecule has 1 aromatic rings. The summed E-state index contributed by atoms with van der Waals surface area (Å²) in [6, 6.07) is 7.83. The molecule has 124 valence electrons. The van der Waals surface area contributed by atoms with Crippen LogP contribution in [-0.4, -0.2) is 49.9 Å². The van der Waals surface area contributed by atoms with Gasteiger partial charge in [0.2, 0.25) is 5.91 Å². The molecule has 1 amide bonds. The number of hydrogen-bond acceptors (Lipinski definition) is 2. The second-order valence-corrected chi connectivity index (χ2v) is 5.40. The van der Waals surface area contributed by atoms with Gasteiger partial charge in [-0.25, -0.2) is 4.99 Å². The minimum atomic E-state index is 0. The molecule has 0 unspecified atom stereocenters. The summed E-state index contributed by atoms with van der Waals surface area (Å²) in [6.45, 7) is 2.61. The van der Waals surface area contributed by atoms with Crippen LogP contribution in [-0.2, 0) is 11.3 Å². The van der Waals surface area contributed by atoms with E-state index in [0.29, 0.717) is 13.0 Å². The van der Waals surface area contributed by atoms with Crippen LogP contribution in [0.1, 0.15) is 25.3 Å². The quantitative estimate of drug-likeness (QED) is 0.455. The van der Waals surface area contributed by atoms with E-state index in [9.17, 15) is 4.79 Å². The molecule has 0 spiro atoms. The van der Waals surface area contributed by atoms with Gasteiger partial charge in [0.25, 0.3) is 0 Å². The van der Waals surface area contributed by atoms with Crippen molar-refractivity contribution in [3.8, 4) is 0 Å². The van der Waals surface area contributed by atoms with Crippen molar-refractivity contribution in [3.05, 3.63) is 29.8 Å². The van der Waals surface area contributed by atoms with Gasteiger partial charge in [-0.3, -0.25) is 4.79 Å². The maximum absolute atomic E-state index is 11.5. The predicted octanol–water partition coefficient (Wildman–Crippen LogP) is 3.02. The third kappa shape index (κ3) is 7.11. The molecule has 0 aromatic heterocycles. The Balaban J connectivity index is 0.00000441. The lowest BCUT2D eigenvalue weighted by molar-refractivity contribution is -0.116. The fourth-order valence-corrected chi connectivity index (χ4v) is 1.99. The Hall–Kier alpha value is -1.31. The van der Waals surface area contributed by atoms with E-state index in [1.54, 1.807) is 0 Å². The molecular formula is C16H27IN4O. The number of rotatable bonds is 5. The number of anilines is 1. The van der Waals surface area contributed by atoms with Gasteiger partial charge in [0.15, 0.2) is 5.96 Å². The fraction of sp³-hybridized carbons (Fsp3) is 0.500. The van der Waals surface area contributed by atoms with E-state index in [1.165, 1.54) is 0 Å². The van der Waals surface area contributed by atoms with Gasteiger partial charge in [0, 0.05) is 40.3 Å². The van der Waals surface area contributed by atoms with Gasteiger partial charge in [0.05, 0.1) is 6.54 Å². The highest BCUT2D eigenvalue weighted by molar-refractivity contribution is 14.0. The summed E-state index contributed by atoms with van der Waals surface area (Å²) in [6.07, 6.45) is 1.41. The highest BCUT2D eigenvalue weighted by atomic mass is 127. The van der Waals surface area contributed by atoms with E-state index in [-0.39, 0.29) is 29.9 Å². The van der Waals surface area contributed by atoms with E-state index in [2.05, 4.69) is 10.3 Å². The van der Waals surface area contributed by atoms with Gasteiger partial charge < -0.3 is 15.1 Å². The van der Waals surface area contributed by atoms with E-state index >= 15 is 0 Å². The highest BCUT2D eigenvalue weighted by Crippen LogP contribution is 2.11. The molecule has 5 nitrogen and oxygen atoms in total. The van der Waals surface area contributed by atoms with Crippen LogP contribution in [0.25, 0.3) is 0 Å². The van der Waals surface area contributed by atoms with Gasteiger partial charge >= 0.3 is 0 Å². The van der Waals surface area contributed by atoms with Crippen molar-refractivity contribution in [1.29, 1.82) is 0 Å². The van der Waals surface area contributed by atoms with Crippen molar-refractivity contribution in [2.45, 2.75) is 26.3 Å². The number of amides is 1. The highest BCUT2D eigenvalue weighted by Gasteiger charge is 2.04. The first-order valence-corrected chi connectivity index (χ1v) is 7.22. The number of halogens is 1. The van der Waals surface area contributed by atoms with Crippen LogP contribution in [0.2, 0.25) is 0 Å². The van der Waals surface area contributed by atoms with Crippen molar-refractivity contribution in [3.63, 3.8) is 0 Å². The average molecular weight is 418 g/mol. The molecule has 0 saturated heterocycles. The molecule has 1 N–H and O–H groups in total. The van der Waals surface area contributed by atoms with Crippen LogP contribution in [0.15, 0.2) is 29.3 Å². The van der Waals surface area contributed by atoms with Crippen molar-refractivity contribution in [2.24, 2.45) is 4.99 Å². The first-order valence-electron chi connectivity index (χ1n) is 7.22. The zero-order chi connectivity index (χ0) is 15.8. The monoisotopic (exact) mass is 418 g/mol. The van der Waals surface area contributed by atoms with Gasteiger partial charge in [0.1, 0.15) is 0 Å². The molecular weight excluding hydrogens is 391 g/mol. The third-order valence-electron chi connectivity index (χ3n) is 2.92. The molecule has 0 aliphatic heterocycles. The van der Waals surface area contributed by atoms with E-state index in [1.807, 2.05) is 69.2 Å². The number of benzene rings is 1. The smallest absolute Gasteiger partial charge is 0.224 e. The lowest BCUT2D eigenvalue weighted by Gasteiger charge is -2.22. The van der Waals surface area contributed by atoms with Crippen LogP contribution in [0, 0.1) is 0 Å². The summed E-state index contributed by atoms with van der Waals surface area (Å²) in [4.78, 5) is 20.1. The first kappa shape index (κ1) is 20.7. The van der Waals surface area contributed by atoms with Crippen LogP contribution in [0.4, 0.5) is 5.69 Å². The molecule has 0 bridgehead atoms. The summed E-state index contributed by atoms with van der Waals surface area (Å²) in [5.41, 5.74) is 1.95. The SMILES string of the molecule is CCCC(=O)Nc1ccc(CN=C(N(C)C)N(C)C)cc1.I. The van der Waals surface area contributed by atoms with Crippen molar-refractivity contribution < 1.29 is 4.79 Å². The predicted molar refractivity (Wildman–Crippen MR) is 104 cm³/mol. The van der Waals surface area contributed by atoms with E-state index < -0.39 is 0 Å². The normalized spacial score (nSPS) is 9.50. The maximum atomic E-state index is 11.5. The summed E-state index contributed by atoms with van der Waals surface area (Å²) < 4.78 is 0. The molecule has 1 aromatic carbocycles. The number of nitrogens with zero attached hydrogens (tertiary/aromatic N) is 3. The zero-order valence-electron chi connectivity index (χ0n) is 14.1. The minimum Gasteiger partial charge on any atom is -0.349 e. The molecule has 6 heteroatoms. The number of carbonyl (C=O) groups is 1. The standard InChI is InChI=1S/C16H26N4O.HI/c1-6-7-15(21)18-14-10-8-13(9-11-14)12-17-16(19(2)3)20(4)5;/h8-11H,6-7,12H2,1-5H3,(H,18,21);1H. The summed E-state index contributed by atoms with van der Waals surface area (Å²) >= 11 is 0. The maximum Gasteiger partial charge on any atom is 0.224 e. The Labute approximate surface area is 150 Å². The molecule has 0 aliphatic rings. The molecule has 0 atom stereocenters. The van der Waals surface area contributed by atoms with Crippen molar-refractivity contribution in [1.82, 2.24) is 9.80 Å². The Kier molecular flexibility index (Phi) is 9.80. The van der Waals surface area contributed by atoms with Crippen LogP contribution in [0.5, 0.6) is 0 Å². The molecule has 0 aliphatic carbocycles. The molecule has 0 saturated carbocycles. The number of aliphatic imine (C=N–C) groups is 1. The number of nitrogens with one attached hydrogen (secondary N) is 1. The number of hydrogen-bond donors (Lipinski definition) is 1. The molecule has 1 rings (SSSR count). The summed E-state index contributed by atoms with van der Waals surface area (Å²) in [5, 5.41) is 2.88. The molecule has 0 heterocycles. The fourth-order valence-electron chi connectivity index (χ4n) is 1.99. The summed E-state index contributed by atoms with van der Waals surface area (Å²) in [5.74, 6) is 0.987. The summed E-state index contributed by atoms with van der Waals surface area (Å²) in [7, 11) is 7.91. The first-order chi connectivity index (χ1) is 9.93. The van der Waals surface area contributed by atoms with Gasteiger partial charge in [-0.2, -0.15) is 0 Å². The van der Waals surface area contributed by atoms with Crippen LogP contribution in [0.3, 0.4) is 0 Å². The second kappa shape index (κ2) is 10.4. The van der Waals surface area contributed by atoms with Gasteiger partial charge in [-0.05, 0) is 24.1 Å². The van der Waals surface area contributed by atoms with Crippen molar-refractivity contribution >= 4 is 41.5 Å². The zero-order valence-corrected chi connectivity index (χ0v) is 16.4. The van der Waals surface area contributed by atoms with Crippen LogP contribution >= 0.6 is 24.0 Å². The number of guanidine groups is 1. The second-order valence-electron chi connectivity index (χ2n) is 5.40. The van der Waals surface area contributed by atoms with Gasteiger partial charge in [-0.1, -0.05) is 19.1 Å².